The van der Waals surface area contributed by atoms with Gasteiger partial charge in [-0.05, 0) is 43.1 Å². The fourth-order valence-corrected chi connectivity index (χ4v) is 4.03. The Kier molecular flexibility index (Phi) is 6.32. The summed E-state index contributed by atoms with van der Waals surface area (Å²) in [5, 5.41) is 13.0. The summed E-state index contributed by atoms with van der Waals surface area (Å²) in [6, 6.07) is 15.5. The van der Waals surface area contributed by atoms with Crippen molar-refractivity contribution in [1.82, 2.24) is 19.8 Å². The zero-order valence-corrected chi connectivity index (χ0v) is 17.8. The number of fused-ring (bicyclic) bond motifs is 1. The molecule has 4 rings (SSSR count). The molecule has 1 aliphatic heterocycles. The lowest BCUT2D eigenvalue weighted by Crippen LogP contribution is -2.38. The molecular weight excluding hydrogens is 411 g/mol. The minimum atomic E-state index is -0.656. The van der Waals surface area contributed by atoms with Gasteiger partial charge < -0.3 is 10.4 Å². The molecule has 0 radical (unpaired) electrons. The van der Waals surface area contributed by atoms with E-state index in [-0.39, 0.29) is 24.1 Å². The lowest BCUT2D eigenvalue weighted by Gasteiger charge is -2.33. The summed E-state index contributed by atoms with van der Waals surface area (Å²) in [5.74, 6) is -1.20. The van der Waals surface area contributed by atoms with Crippen molar-refractivity contribution in [2.75, 3.05) is 7.05 Å². The van der Waals surface area contributed by atoms with E-state index < -0.39 is 17.2 Å². The van der Waals surface area contributed by atoms with Gasteiger partial charge in [-0.3, -0.25) is 19.1 Å². The highest BCUT2D eigenvalue weighted by atomic mass is 19.1. The average Bonchev–Trinajstić information content (AvgIpc) is 2.81. The summed E-state index contributed by atoms with van der Waals surface area (Å²) in [6.07, 6.45) is 1.56. The maximum atomic E-state index is 13.1. The molecular formula is C24H25FN4O3. The number of carbonyl (C=O) groups is 1. The first kappa shape index (κ1) is 21.7. The predicted octanol–water partition coefficient (Wildman–Crippen LogP) is 2.98. The molecule has 1 atom stereocenters. The quantitative estimate of drug-likeness (QED) is 0.620. The lowest BCUT2D eigenvalue weighted by molar-refractivity contribution is 0.0939. The number of benzene rings is 2. The van der Waals surface area contributed by atoms with Crippen LogP contribution in [-0.4, -0.2) is 32.5 Å². The first-order chi connectivity index (χ1) is 15.4. The maximum absolute atomic E-state index is 13.1. The molecule has 0 spiro atoms. The van der Waals surface area contributed by atoms with Gasteiger partial charge in [0.05, 0.1) is 6.04 Å². The van der Waals surface area contributed by atoms with E-state index in [2.05, 4.69) is 15.2 Å². The van der Waals surface area contributed by atoms with Crippen LogP contribution in [0.2, 0.25) is 0 Å². The second-order valence-electron chi connectivity index (χ2n) is 7.99. The van der Waals surface area contributed by atoms with E-state index in [0.717, 1.165) is 18.4 Å². The normalized spacial score (nSPS) is 15.4. The molecule has 0 fully saturated rings. The van der Waals surface area contributed by atoms with Crippen molar-refractivity contribution in [1.29, 1.82) is 0 Å². The second kappa shape index (κ2) is 9.32. The Bertz CT molecular complexity index is 1160. The highest BCUT2D eigenvalue weighted by Crippen LogP contribution is 2.29. The third-order valence-corrected chi connectivity index (χ3v) is 5.72. The van der Waals surface area contributed by atoms with E-state index in [1.165, 1.54) is 16.7 Å². The van der Waals surface area contributed by atoms with Gasteiger partial charge in [-0.2, -0.15) is 0 Å². The van der Waals surface area contributed by atoms with Crippen LogP contribution in [0.1, 0.15) is 46.3 Å². The third kappa shape index (κ3) is 4.55. The molecule has 2 heterocycles. The molecule has 0 aliphatic carbocycles. The van der Waals surface area contributed by atoms with Crippen molar-refractivity contribution in [3.8, 4) is 5.75 Å². The molecule has 1 unspecified atom stereocenters. The fraction of sp³-hybridized carbons (Fsp3) is 0.292. The minimum Gasteiger partial charge on any atom is -0.501 e. The fourth-order valence-electron chi connectivity index (χ4n) is 4.03. The highest BCUT2D eigenvalue weighted by molar-refractivity contribution is 5.94. The van der Waals surface area contributed by atoms with Gasteiger partial charge in [0.1, 0.15) is 11.6 Å². The van der Waals surface area contributed by atoms with Crippen molar-refractivity contribution >= 4 is 5.91 Å². The first-order valence-electron chi connectivity index (χ1n) is 10.5. The Balaban J connectivity index is 1.59. The second-order valence-corrected chi connectivity index (χ2v) is 7.99. The number of aromatic nitrogens is 2. The van der Waals surface area contributed by atoms with Crippen LogP contribution in [0.4, 0.5) is 4.39 Å². The minimum absolute atomic E-state index is 0.121. The zero-order chi connectivity index (χ0) is 22.7. The number of amides is 1. The molecule has 1 aromatic heterocycles. The smallest absolute Gasteiger partial charge is 0.296 e. The number of hydrogen-bond donors (Lipinski definition) is 2. The molecule has 1 amide bonds. The summed E-state index contributed by atoms with van der Waals surface area (Å²) in [7, 11) is 1.96. The van der Waals surface area contributed by atoms with Crippen LogP contribution in [-0.2, 0) is 19.6 Å². The van der Waals surface area contributed by atoms with Gasteiger partial charge in [0.2, 0.25) is 5.75 Å². The Labute approximate surface area is 185 Å². The third-order valence-electron chi connectivity index (χ3n) is 5.72. The Hall–Kier alpha value is -3.52. The van der Waals surface area contributed by atoms with Crippen molar-refractivity contribution < 1.29 is 14.3 Å². The van der Waals surface area contributed by atoms with Gasteiger partial charge in [-0.15, -0.1) is 0 Å². The number of nitrogens with one attached hydrogen (secondary N) is 1. The summed E-state index contributed by atoms with van der Waals surface area (Å²) in [5.41, 5.74) is 0.919. The van der Waals surface area contributed by atoms with Crippen LogP contribution in [0.15, 0.2) is 59.4 Å². The largest absolute Gasteiger partial charge is 0.501 e. The molecule has 7 nitrogen and oxygen atoms in total. The number of halogens is 1. The first-order valence-corrected chi connectivity index (χ1v) is 10.5. The predicted molar refractivity (Wildman–Crippen MR) is 118 cm³/mol. The molecule has 0 bridgehead atoms. The topological polar surface area (TPSA) is 87.5 Å². The molecule has 0 saturated carbocycles. The molecule has 1 aliphatic rings. The van der Waals surface area contributed by atoms with Crippen molar-refractivity contribution in [2.24, 2.45) is 0 Å². The van der Waals surface area contributed by atoms with Crippen LogP contribution in [0.25, 0.3) is 0 Å². The number of rotatable bonds is 6. The van der Waals surface area contributed by atoms with E-state index in [9.17, 15) is 19.1 Å². The molecule has 0 saturated heterocycles. The van der Waals surface area contributed by atoms with E-state index in [1.807, 2.05) is 37.4 Å². The highest BCUT2D eigenvalue weighted by Gasteiger charge is 2.30. The van der Waals surface area contributed by atoms with Crippen LogP contribution in [0.3, 0.4) is 0 Å². The van der Waals surface area contributed by atoms with E-state index in [1.54, 1.807) is 12.1 Å². The van der Waals surface area contributed by atoms with E-state index >= 15 is 0 Å². The van der Waals surface area contributed by atoms with Crippen molar-refractivity contribution in [2.45, 2.75) is 38.5 Å². The van der Waals surface area contributed by atoms with Gasteiger partial charge >= 0.3 is 0 Å². The van der Waals surface area contributed by atoms with Gasteiger partial charge in [0, 0.05) is 19.6 Å². The average molecular weight is 436 g/mol. The summed E-state index contributed by atoms with van der Waals surface area (Å²) < 4.78 is 14.5. The summed E-state index contributed by atoms with van der Waals surface area (Å²) in [6.45, 7) is 1.23. The molecule has 166 valence electrons. The lowest BCUT2D eigenvalue weighted by atomic mass is 10.0. The molecule has 2 N–H and O–H groups in total. The van der Waals surface area contributed by atoms with Crippen LogP contribution >= 0.6 is 0 Å². The Morgan fingerprint density at radius 2 is 1.91 bits per heavy atom. The summed E-state index contributed by atoms with van der Waals surface area (Å²) in [4.78, 5) is 32.1. The van der Waals surface area contributed by atoms with Crippen LogP contribution in [0.5, 0.6) is 5.75 Å². The summed E-state index contributed by atoms with van der Waals surface area (Å²) >= 11 is 0. The van der Waals surface area contributed by atoms with Gasteiger partial charge in [0.25, 0.3) is 11.5 Å². The number of aromatic hydroxyl groups is 1. The monoisotopic (exact) mass is 436 g/mol. The van der Waals surface area contributed by atoms with Crippen molar-refractivity contribution in [3.05, 3.63) is 93.4 Å². The Morgan fingerprint density at radius 1 is 1.19 bits per heavy atom. The number of carbonyl (C=O) groups excluding carboxylic acids is 1. The van der Waals surface area contributed by atoms with E-state index in [0.29, 0.717) is 24.5 Å². The molecule has 32 heavy (non-hydrogen) atoms. The van der Waals surface area contributed by atoms with Crippen LogP contribution < -0.4 is 10.9 Å². The SMILES string of the molecule is CN(Cc1ccccc1)C1CCCn2c1nc(C(=O)NCc1ccc(F)cc1)c(O)c2=O. The van der Waals surface area contributed by atoms with Gasteiger partial charge in [0.15, 0.2) is 5.69 Å². The van der Waals surface area contributed by atoms with Crippen molar-refractivity contribution in [3.63, 3.8) is 0 Å². The van der Waals surface area contributed by atoms with Crippen LogP contribution in [0, 0.1) is 5.82 Å². The Morgan fingerprint density at radius 3 is 2.62 bits per heavy atom. The molecule has 3 aromatic rings. The van der Waals surface area contributed by atoms with Gasteiger partial charge in [-0.1, -0.05) is 42.5 Å². The van der Waals surface area contributed by atoms with E-state index in [4.69, 9.17) is 0 Å². The van der Waals surface area contributed by atoms with Gasteiger partial charge in [-0.25, -0.2) is 9.37 Å². The number of hydrogen-bond acceptors (Lipinski definition) is 5. The number of nitrogens with zero attached hydrogens (tertiary/aromatic N) is 3. The molecule has 8 heteroatoms. The molecule has 2 aromatic carbocycles. The zero-order valence-electron chi connectivity index (χ0n) is 17.8. The standard InChI is InChI=1S/C24H25FN4O3/c1-28(15-17-6-3-2-4-7-17)19-8-5-13-29-22(19)27-20(21(30)24(29)32)23(31)26-14-16-9-11-18(25)12-10-16/h2-4,6-7,9-12,19,30H,5,8,13-15H2,1H3,(H,26,31). The maximum Gasteiger partial charge on any atom is 0.296 e.